The minimum absolute atomic E-state index is 0.181. The van der Waals surface area contributed by atoms with Gasteiger partial charge in [0.2, 0.25) is 5.95 Å². The number of hydrogen-bond donors (Lipinski definition) is 1. The van der Waals surface area contributed by atoms with Crippen molar-refractivity contribution in [3.63, 3.8) is 0 Å². The van der Waals surface area contributed by atoms with Crippen LogP contribution in [0.2, 0.25) is 0 Å². The first kappa shape index (κ1) is 13.0. The highest BCUT2D eigenvalue weighted by molar-refractivity contribution is 9.10. The van der Waals surface area contributed by atoms with Gasteiger partial charge in [-0.1, -0.05) is 39.2 Å². The molecule has 0 saturated heterocycles. The molecule has 3 heterocycles. The third kappa shape index (κ3) is 2.36. The Morgan fingerprint density at radius 2 is 2.24 bits per heavy atom. The molecule has 0 amide bonds. The standard InChI is InChI=1S/C14H12BrN5S/c15-10-4-1-3-9(7-10)11-8-12(13-5-2-6-21-13)20-14(16-11)17-18-19-20/h1-7,11-12H,8H2,(H,16,17,19). The molecule has 0 spiro atoms. The Bertz CT molecular complexity index is 754. The Morgan fingerprint density at radius 3 is 3.05 bits per heavy atom. The molecule has 3 aromatic rings. The summed E-state index contributed by atoms with van der Waals surface area (Å²) >= 11 is 5.28. The van der Waals surface area contributed by atoms with Crippen LogP contribution in [0.1, 0.15) is 28.9 Å². The molecule has 21 heavy (non-hydrogen) atoms. The number of anilines is 1. The lowest BCUT2D eigenvalue weighted by Gasteiger charge is -2.30. The average molecular weight is 362 g/mol. The molecule has 2 atom stereocenters. The SMILES string of the molecule is Brc1cccc(C2CC(c3cccs3)n3nnnc3N2)c1. The van der Waals surface area contributed by atoms with Crippen LogP contribution >= 0.6 is 27.3 Å². The van der Waals surface area contributed by atoms with Gasteiger partial charge in [0.25, 0.3) is 0 Å². The van der Waals surface area contributed by atoms with E-state index in [2.05, 4.69) is 72.5 Å². The Morgan fingerprint density at radius 1 is 1.29 bits per heavy atom. The minimum atomic E-state index is 0.181. The van der Waals surface area contributed by atoms with Gasteiger partial charge < -0.3 is 5.32 Å². The summed E-state index contributed by atoms with van der Waals surface area (Å²) in [6.45, 7) is 0. The molecule has 1 aromatic carbocycles. The lowest BCUT2D eigenvalue weighted by atomic mass is 9.97. The van der Waals surface area contributed by atoms with E-state index in [-0.39, 0.29) is 12.1 Å². The van der Waals surface area contributed by atoms with Crippen LogP contribution in [0.3, 0.4) is 0 Å². The molecule has 2 unspecified atom stereocenters. The van der Waals surface area contributed by atoms with E-state index in [0.717, 1.165) is 16.8 Å². The van der Waals surface area contributed by atoms with Crippen LogP contribution in [0.25, 0.3) is 0 Å². The summed E-state index contributed by atoms with van der Waals surface area (Å²) in [5.41, 5.74) is 1.24. The molecule has 7 heteroatoms. The summed E-state index contributed by atoms with van der Waals surface area (Å²) in [4.78, 5) is 1.28. The number of tetrazole rings is 1. The van der Waals surface area contributed by atoms with E-state index in [9.17, 15) is 0 Å². The van der Waals surface area contributed by atoms with Gasteiger partial charge in [-0.2, -0.15) is 0 Å². The lowest BCUT2D eigenvalue weighted by molar-refractivity contribution is 0.429. The number of hydrogen-bond acceptors (Lipinski definition) is 5. The molecule has 1 aliphatic heterocycles. The summed E-state index contributed by atoms with van der Waals surface area (Å²) in [7, 11) is 0. The number of aromatic nitrogens is 4. The zero-order chi connectivity index (χ0) is 14.2. The van der Waals surface area contributed by atoms with Gasteiger partial charge in [0, 0.05) is 9.35 Å². The highest BCUT2D eigenvalue weighted by Crippen LogP contribution is 2.38. The summed E-state index contributed by atoms with van der Waals surface area (Å²) in [5.74, 6) is 0.727. The number of fused-ring (bicyclic) bond motifs is 1. The fourth-order valence-electron chi connectivity index (χ4n) is 2.70. The van der Waals surface area contributed by atoms with Gasteiger partial charge in [0.1, 0.15) is 0 Å². The monoisotopic (exact) mass is 361 g/mol. The van der Waals surface area contributed by atoms with Crippen molar-refractivity contribution in [3.8, 4) is 0 Å². The van der Waals surface area contributed by atoms with E-state index in [0.29, 0.717) is 0 Å². The van der Waals surface area contributed by atoms with Crippen molar-refractivity contribution in [3.05, 3.63) is 56.7 Å². The maximum Gasteiger partial charge on any atom is 0.244 e. The molecule has 106 valence electrons. The second-order valence-corrected chi connectivity index (χ2v) is 6.86. The van der Waals surface area contributed by atoms with Crippen molar-refractivity contribution in [1.82, 2.24) is 20.2 Å². The molecule has 5 nitrogen and oxygen atoms in total. The van der Waals surface area contributed by atoms with Gasteiger partial charge in [0.15, 0.2) is 0 Å². The van der Waals surface area contributed by atoms with E-state index in [4.69, 9.17) is 0 Å². The number of nitrogens with one attached hydrogen (secondary N) is 1. The fraction of sp³-hybridized carbons (Fsp3) is 0.214. The first-order valence-electron chi connectivity index (χ1n) is 6.64. The molecule has 1 N–H and O–H groups in total. The molecule has 0 saturated carbocycles. The van der Waals surface area contributed by atoms with Crippen LogP contribution in [-0.4, -0.2) is 20.2 Å². The second kappa shape index (κ2) is 5.23. The van der Waals surface area contributed by atoms with E-state index in [1.54, 1.807) is 11.3 Å². The molecule has 1 aliphatic rings. The van der Waals surface area contributed by atoms with Crippen LogP contribution in [0.15, 0.2) is 46.3 Å². The average Bonchev–Trinajstić information content (AvgIpc) is 3.17. The quantitative estimate of drug-likeness (QED) is 0.756. The van der Waals surface area contributed by atoms with Gasteiger partial charge in [-0.15, -0.1) is 11.3 Å². The largest absolute Gasteiger partial charge is 0.346 e. The molecular formula is C14H12BrN5S. The van der Waals surface area contributed by atoms with Gasteiger partial charge in [-0.05, 0) is 46.0 Å². The predicted molar refractivity (Wildman–Crippen MR) is 85.4 cm³/mol. The number of benzene rings is 1. The highest BCUT2D eigenvalue weighted by atomic mass is 79.9. The summed E-state index contributed by atoms with van der Waals surface area (Å²) in [6.07, 6.45) is 0.926. The van der Waals surface area contributed by atoms with Gasteiger partial charge in [-0.3, -0.25) is 0 Å². The number of rotatable bonds is 2. The summed E-state index contributed by atoms with van der Waals surface area (Å²) in [5, 5.41) is 17.6. The number of thiophene rings is 1. The third-order valence-electron chi connectivity index (χ3n) is 3.67. The zero-order valence-electron chi connectivity index (χ0n) is 11.0. The zero-order valence-corrected chi connectivity index (χ0v) is 13.4. The number of halogens is 1. The first-order valence-corrected chi connectivity index (χ1v) is 8.32. The smallest absolute Gasteiger partial charge is 0.244 e. The van der Waals surface area contributed by atoms with Crippen LogP contribution < -0.4 is 5.32 Å². The molecule has 2 aromatic heterocycles. The predicted octanol–water partition coefficient (Wildman–Crippen LogP) is 3.64. The Labute approximate surface area is 134 Å². The molecule has 4 rings (SSSR count). The summed E-state index contributed by atoms with van der Waals surface area (Å²) < 4.78 is 2.96. The summed E-state index contributed by atoms with van der Waals surface area (Å²) in [6, 6.07) is 13.0. The van der Waals surface area contributed by atoms with Gasteiger partial charge in [0.05, 0.1) is 12.1 Å². The molecular weight excluding hydrogens is 350 g/mol. The van der Waals surface area contributed by atoms with E-state index >= 15 is 0 Å². The van der Waals surface area contributed by atoms with Crippen molar-refractivity contribution in [1.29, 1.82) is 0 Å². The maximum atomic E-state index is 4.13. The molecule has 0 radical (unpaired) electrons. The van der Waals surface area contributed by atoms with Crippen molar-refractivity contribution < 1.29 is 0 Å². The van der Waals surface area contributed by atoms with Gasteiger partial charge >= 0.3 is 0 Å². The van der Waals surface area contributed by atoms with Crippen LogP contribution in [-0.2, 0) is 0 Å². The molecule has 0 fully saturated rings. The Balaban J connectivity index is 1.74. The van der Waals surface area contributed by atoms with Crippen LogP contribution in [0.4, 0.5) is 5.95 Å². The van der Waals surface area contributed by atoms with Crippen LogP contribution in [0, 0.1) is 0 Å². The molecule has 0 bridgehead atoms. The Kier molecular flexibility index (Phi) is 3.23. The van der Waals surface area contributed by atoms with E-state index < -0.39 is 0 Å². The van der Waals surface area contributed by atoms with Crippen LogP contribution in [0.5, 0.6) is 0 Å². The van der Waals surface area contributed by atoms with E-state index in [1.807, 2.05) is 10.7 Å². The van der Waals surface area contributed by atoms with Crippen molar-refractivity contribution in [2.75, 3.05) is 5.32 Å². The van der Waals surface area contributed by atoms with E-state index in [1.165, 1.54) is 10.4 Å². The highest BCUT2D eigenvalue weighted by Gasteiger charge is 2.31. The second-order valence-electron chi connectivity index (χ2n) is 4.97. The Hall–Kier alpha value is -1.73. The maximum absolute atomic E-state index is 4.13. The fourth-order valence-corrected chi connectivity index (χ4v) is 3.94. The number of nitrogens with zero attached hydrogens (tertiary/aromatic N) is 4. The lowest BCUT2D eigenvalue weighted by Crippen LogP contribution is -2.27. The van der Waals surface area contributed by atoms with Crippen molar-refractivity contribution in [2.24, 2.45) is 0 Å². The normalized spacial score (nSPS) is 20.8. The van der Waals surface area contributed by atoms with Crippen molar-refractivity contribution in [2.45, 2.75) is 18.5 Å². The molecule has 0 aliphatic carbocycles. The minimum Gasteiger partial charge on any atom is -0.346 e. The third-order valence-corrected chi connectivity index (χ3v) is 5.14. The first-order chi connectivity index (χ1) is 10.3. The van der Waals surface area contributed by atoms with Gasteiger partial charge in [-0.25, -0.2) is 4.68 Å². The van der Waals surface area contributed by atoms with Crippen molar-refractivity contribution >= 4 is 33.2 Å². The topological polar surface area (TPSA) is 55.6 Å².